The summed E-state index contributed by atoms with van der Waals surface area (Å²) in [6, 6.07) is 0.111. The van der Waals surface area contributed by atoms with Crippen LogP contribution in [0.2, 0.25) is 0 Å². The van der Waals surface area contributed by atoms with Gasteiger partial charge in [-0.3, -0.25) is 4.79 Å². The van der Waals surface area contributed by atoms with Crippen LogP contribution in [0.1, 0.15) is 76.5 Å². The molecule has 0 radical (unpaired) electrons. The molecule has 0 unspecified atom stereocenters. The summed E-state index contributed by atoms with van der Waals surface area (Å²) in [6.07, 6.45) is 9.60. The fourth-order valence-corrected chi connectivity index (χ4v) is 3.38. The van der Waals surface area contributed by atoms with Crippen molar-refractivity contribution in [3.8, 4) is 0 Å². The number of hydrogen-bond acceptors (Lipinski definition) is 5. The molecule has 0 saturated heterocycles. The van der Waals surface area contributed by atoms with Crippen LogP contribution in [0.5, 0.6) is 0 Å². The van der Waals surface area contributed by atoms with Gasteiger partial charge in [-0.05, 0) is 25.2 Å². The summed E-state index contributed by atoms with van der Waals surface area (Å²) in [4.78, 5) is 16.1. The van der Waals surface area contributed by atoms with Crippen molar-refractivity contribution >= 4 is 22.4 Å². The smallest absolute Gasteiger partial charge is 0.320 e. The number of hydrogen-bond donors (Lipinski definition) is 3. The first-order valence-electron chi connectivity index (χ1n) is 8.64. The van der Waals surface area contributed by atoms with Gasteiger partial charge in [0.2, 0.25) is 0 Å². The molecule has 0 bridgehead atoms. The van der Waals surface area contributed by atoms with Crippen molar-refractivity contribution in [3.63, 3.8) is 0 Å². The highest BCUT2D eigenvalue weighted by Crippen LogP contribution is 2.22. The first kappa shape index (κ1) is 19.9. The first-order chi connectivity index (χ1) is 10.9. The molecule has 0 aromatic carbocycles. The summed E-state index contributed by atoms with van der Waals surface area (Å²) >= 11 is 1.56. The molecular weight excluding hydrogens is 310 g/mol. The average molecular weight is 342 g/mol. The Morgan fingerprint density at radius 3 is 2.48 bits per heavy atom. The van der Waals surface area contributed by atoms with Crippen molar-refractivity contribution in [2.24, 2.45) is 0 Å². The van der Waals surface area contributed by atoms with Crippen molar-refractivity contribution in [3.05, 3.63) is 11.1 Å². The Morgan fingerprint density at radius 1 is 1.43 bits per heavy atom. The molecule has 2 rings (SSSR count). The molecule has 1 aliphatic rings. The van der Waals surface area contributed by atoms with Crippen molar-refractivity contribution < 1.29 is 9.90 Å². The zero-order valence-electron chi connectivity index (χ0n) is 14.5. The minimum Gasteiger partial charge on any atom is -0.480 e. The van der Waals surface area contributed by atoms with E-state index >= 15 is 0 Å². The van der Waals surface area contributed by atoms with Gasteiger partial charge in [-0.25, -0.2) is 4.98 Å². The molecule has 1 atom stereocenters. The fourth-order valence-electron chi connectivity index (χ4n) is 2.69. The number of anilines is 1. The third kappa shape index (κ3) is 7.79. The Morgan fingerprint density at radius 2 is 2.09 bits per heavy atom. The summed E-state index contributed by atoms with van der Waals surface area (Å²) < 4.78 is 0. The molecule has 0 spiro atoms. The van der Waals surface area contributed by atoms with Gasteiger partial charge in [0.1, 0.15) is 6.04 Å². The summed E-state index contributed by atoms with van der Waals surface area (Å²) in [6.45, 7) is 6.29. The first-order valence-corrected chi connectivity index (χ1v) is 9.45. The lowest BCUT2D eigenvalue weighted by Gasteiger charge is -2.26. The van der Waals surface area contributed by atoms with E-state index in [1.165, 1.54) is 24.1 Å². The van der Waals surface area contributed by atoms with Crippen LogP contribution in [0.15, 0.2) is 6.20 Å². The Labute approximate surface area is 143 Å². The molecular formula is C17H31N3O2S. The van der Waals surface area contributed by atoms with Gasteiger partial charge in [0, 0.05) is 17.1 Å². The number of carboxylic acid groups (broad SMARTS) is 1. The van der Waals surface area contributed by atoms with Crippen molar-refractivity contribution in [1.82, 2.24) is 10.3 Å². The van der Waals surface area contributed by atoms with E-state index in [4.69, 9.17) is 10.8 Å². The summed E-state index contributed by atoms with van der Waals surface area (Å²) in [5, 5.41) is 12.9. The fraction of sp³-hybridized carbons (Fsp3) is 0.765. The summed E-state index contributed by atoms with van der Waals surface area (Å²) in [5.74, 6) is -0.141. The number of thiazole rings is 1. The standard InChI is InChI=1S/C11H21NO2.C6H10N2S/c1-2-6-10(11(13)14)12-9-7-4-3-5-8-9;1-4(2)5-3-8-6(7)9-5/h9-10,12H,2-8H2,1H3,(H,13,14);3-4H,1-2H3,(H2,7,8)/t10-;/m0./s1. The minimum absolute atomic E-state index is 0.330. The number of nitrogens with zero attached hydrogens (tertiary/aromatic N) is 1. The topological polar surface area (TPSA) is 88.2 Å². The van der Waals surface area contributed by atoms with Crippen LogP contribution in [0, 0.1) is 0 Å². The maximum absolute atomic E-state index is 10.9. The highest BCUT2D eigenvalue weighted by atomic mass is 32.1. The second-order valence-corrected chi connectivity index (χ2v) is 7.53. The molecule has 0 amide bonds. The average Bonchev–Trinajstić information content (AvgIpc) is 2.95. The summed E-state index contributed by atoms with van der Waals surface area (Å²) in [7, 11) is 0. The van der Waals surface area contributed by atoms with Crippen molar-refractivity contribution in [1.29, 1.82) is 0 Å². The number of nitrogens with two attached hydrogens (primary N) is 1. The Bertz CT molecular complexity index is 456. The zero-order chi connectivity index (χ0) is 17.2. The third-order valence-electron chi connectivity index (χ3n) is 4.03. The normalized spacial score (nSPS) is 16.7. The van der Waals surface area contributed by atoms with E-state index in [9.17, 15) is 4.79 Å². The predicted molar refractivity (Wildman–Crippen MR) is 97.0 cm³/mol. The Balaban J connectivity index is 0.000000253. The predicted octanol–water partition coefficient (Wildman–Crippen LogP) is 4.01. The molecule has 0 aliphatic heterocycles. The van der Waals surface area contributed by atoms with Gasteiger partial charge < -0.3 is 16.2 Å². The number of aromatic nitrogens is 1. The molecule has 1 heterocycles. The van der Waals surface area contributed by atoms with Crippen LogP contribution < -0.4 is 11.1 Å². The minimum atomic E-state index is -0.697. The van der Waals surface area contributed by atoms with Crippen LogP contribution in [0.4, 0.5) is 5.13 Å². The van der Waals surface area contributed by atoms with Crippen LogP contribution >= 0.6 is 11.3 Å². The highest BCUT2D eigenvalue weighted by Gasteiger charge is 2.21. The van der Waals surface area contributed by atoms with Gasteiger partial charge in [-0.2, -0.15) is 0 Å². The van der Waals surface area contributed by atoms with Crippen molar-refractivity contribution in [2.45, 2.75) is 83.7 Å². The lowest BCUT2D eigenvalue weighted by Crippen LogP contribution is -2.44. The van der Waals surface area contributed by atoms with Gasteiger partial charge in [-0.15, -0.1) is 11.3 Å². The third-order valence-corrected chi connectivity index (χ3v) is 5.16. The molecule has 1 aromatic heterocycles. The van der Waals surface area contributed by atoms with E-state index in [1.807, 2.05) is 13.1 Å². The number of rotatable bonds is 6. The molecule has 23 heavy (non-hydrogen) atoms. The largest absolute Gasteiger partial charge is 0.480 e. The Hall–Kier alpha value is -1.14. The maximum atomic E-state index is 10.9. The molecule has 1 fully saturated rings. The second-order valence-electron chi connectivity index (χ2n) is 6.44. The van der Waals surface area contributed by atoms with E-state index in [0.717, 1.165) is 25.7 Å². The van der Waals surface area contributed by atoms with Gasteiger partial charge in [0.25, 0.3) is 0 Å². The number of carboxylic acids is 1. The molecule has 5 nitrogen and oxygen atoms in total. The molecule has 132 valence electrons. The van der Waals surface area contributed by atoms with E-state index in [0.29, 0.717) is 17.1 Å². The Kier molecular flexibility index (Phi) is 9.17. The molecule has 6 heteroatoms. The second kappa shape index (κ2) is 10.6. The van der Waals surface area contributed by atoms with E-state index in [2.05, 4.69) is 24.1 Å². The zero-order valence-corrected chi connectivity index (χ0v) is 15.4. The van der Waals surface area contributed by atoms with Gasteiger partial charge in [0.05, 0.1) is 0 Å². The SMILES string of the molecule is CC(C)c1cnc(N)s1.CCC[C@H](NC1CCCCC1)C(=O)O. The van der Waals surface area contributed by atoms with Crippen LogP contribution in [0.3, 0.4) is 0 Å². The van der Waals surface area contributed by atoms with E-state index in [-0.39, 0.29) is 6.04 Å². The number of nitrogen functional groups attached to an aromatic ring is 1. The monoisotopic (exact) mass is 341 g/mol. The van der Waals surface area contributed by atoms with Crippen LogP contribution in [-0.2, 0) is 4.79 Å². The van der Waals surface area contributed by atoms with Crippen LogP contribution in [0.25, 0.3) is 0 Å². The molecule has 4 N–H and O–H groups in total. The van der Waals surface area contributed by atoms with Gasteiger partial charge >= 0.3 is 5.97 Å². The maximum Gasteiger partial charge on any atom is 0.320 e. The number of nitrogens with one attached hydrogen (secondary N) is 1. The highest BCUT2D eigenvalue weighted by molar-refractivity contribution is 7.15. The molecule has 1 saturated carbocycles. The van der Waals surface area contributed by atoms with Gasteiger partial charge in [0.15, 0.2) is 5.13 Å². The molecule has 1 aliphatic carbocycles. The quantitative estimate of drug-likeness (QED) is 0.727. The van der Waals surface area contributed by atoms with E-state index in [1.54, 1.807) is 11.3 Å². The lowest BCUT2D eigenvalue weighted by molar-refractivity contribution is -0.140. The number of aliphatic carboxylic acids is 1. The van der Waals surface area contributed by atoms with Crippen LogP contribution in [-0.4, -0.2) is 28.1 Å². The lowest BCUT2D eigenvalue weighted by atomic mass is 9.94. The van der Waals surface area contributed by atoms with Crippen molar-refractivity contribution in [2.75, 3.05) is 5.73 Å². The van der Waals surface area contributed by atoms with Gasteiger partial charge in [-0.1, -0.05) is 46.5 Å². The summed E-state index contributed by atoms with van der Waals surface area (Å²) in [5.41, 5.74) is 5.42. The number of carbonyl (C=O) groups is 1. The van der Waals surface area contributed by atoms with E-state index < -0.39 is 5.97 Å². The molecule has 1 aromatic rings.